The topological polar surface area (TPSA) is 46.6 Å². The standard InChI is InChI=1S/C12H19NO3/c1-4-7-9-10(8(5-2)16-7)12(15)13(6-3)11(9)14/h7-10H,4-6H2,1-3H3/t7-,8+,9+,10-. The summed E-state index contributed by atoms with van der Waals surface area (Å²) in [5, 5.41) is 0. The highest BCUT2D eigenvalue weighted by atomic mass is 16.5. The molecular formula is C12H19NO3. The van der Waals surface area contributed by atoms with E-state index in [9.17, 15) is 9.59 Å². The molecule has 0 unspecified atom stereocenters. The van der Waals surface area contributed by atoms with Crippen LogP contribution in [0, 0.1) is 11.8 Å². The molecule has 0 aromatic heterocycles. The van der Waals surface area contributed by atoms with Crippen LogP contribution in [0.1, 0.15) is 33.6 Å². The van der Waals surface area contributed by atoms with E-state index in [1.165, 1.54) is 4.90 Å². The van der Waals surface area contributed by atoms with Gasteiger partial charge in [-0.1, -0.05) is 13.8 Å². The molecule has 4 nitrogen and oxygen atoms in total. The Bertz CT molecular complexity index is 287. The number of hydrogen-bond donors (Lipinski definition) is 0. The number of ether oxygens (including phenoxy) is 1. The number of amides is 2. The van der Waals surface area contributed by atoms with Crippen molar-refractivity contribution in [1.29, 1.82) is 0 Å². The van der Waals surface area contributed by atoms with Crippen LogP contribution >= 0.6 is 0 Å². The predicted molar refractivity (Wildman–Crippen MR) is 58.6 cm³/mol. The van der Waals surface area contributed by atoms with Crippen LogP contribution in [0.2, 0.25) is 0 Å². The van der Waals surface area contributed by atoms with Crippen molar-refractivity contribution >= 4 is 11.8 Å². The summed E-state index contributed by atoms with van der Waals surface area (Å²) in [6, 6.07) is 0. The third-order valence-corrected chi connectivity index (χ3v) is 3.76. The smallest absolute Gasteiger partial charge is 0.235 e. The molecule has 0 aromatic carbocycles. The molecule has 2 rings (SSSR count). The molecule has 2 saturated heterocycles. The molecule has 2 amide bonds. The van der Waals surface area contributed by atoms with Crippen LogP contribution in [-0.4, -0.2) is 35.5 Å². The first-order valence-electron chi connectivity index (χ1n) is 6.16. The lowest BCUT2D eigenvalue weighted by atomic mass is 9.88. The monoisotopic (exact) mass is 225 g/mol. The molecule has 2 aliphatic heterocycles. The van der Waals surface area contributed by atoms with Gasteiger partial charge in [-0.25, -0.2) is 0 Å². The van der Waals surface area contributed by atoms with Crippen LogP contribution in [0.15, 0.2) is 0 Å². The van der Waals surface area contributed by atoms with Gasteiger partial charge in [-0.2, -0.15) is 0 Å². The number of hydrogen-bond acceptors (Lipinski definition) is 3. The number of nitrogens with zero attached hydrogens (tertiary/aromatic N) is 1. The number of imide groups is 1. The largest absolute Gasteiger partial charge is 0.373 e. The van der Waals surface area contributed by atoms with Gasteiger partial charge in [0.2, 0.25) is 11.8 Å². The van der Waals surface area contributed by atoms with E-state index >= 15 is 0 Å². The van der Waals surface area contributed by atoms with Crippen molar-refractivity contribution in [3.05, 3.63) is 0 Å². The fraction of sp³-hybridized carbons (Fsp3) is 0.833. The Kier molecular flexibility index (Phi) is 3.02. The van der Waals surface area contributed by atoms with Gasteiger partial charge in [-0.3, -0.25) is 14.5 Å². The summed E-state index contributed by atoms with van der Waals surface area (Å²) in [5.74, 6) is -0.495. The Labute approximate surface area is 95.9 Å². The van der Waals surface area contributed by atoms with Gasteiger partial charge in [0, 0.05) is 6.54 Å². The van der Waals surface area contributed by atoms with Gasteiger partial charge < -0.3 is 4.74 Å². The van der Waals surface area contributed by atoms with Crippen LogP contribution in [-0.2, 0) is 14.3 Å². The van der Waals surface area contributed by atoms with E-state index in [1.807, 2.05) is 20.8 Å². The van der Waals surface area contributed by atoms with Crippen LogP contribution in [0.25, 0.3) is 0 Å². The first-order chi connectivity index (χ1) is 7.65. The van der Waals surface area contributed by atoms with Gasteiger partial charge in [0.25, 0.3) is 0 Å². The molecular weight excluding hydrogens is 206 g/mol. The Balaban J connectivity index is 2.30. The number of likely N-dealkylation sites (tertiary alicyclic amines) is 1. The minimum Gasteiger partial charge on any atom is -0.373 e. The number of rotatable bonds is 3. The van der Waals surface area contributed by atoms with E-state index in [2.05, 4.69) is 0 Å². The molecule has 4 heteroatoms. The molecule has 2 aliphatic rings. The Hall–Kier alpha value is -0.900. The second-order valence-corrected chi connectivity index (χ2v) is 4.50. The highest BCUT2D eigenvalue weighted by molar-refractivity contribution is 6.06. The van der Waals surface area contributed by atoms with E-state index in [0.29, 0.717) is 6.54 Å². The van der Waals surface area contributed by atoms with Crippen molar-refractivity contribution in [1.82, 2.24) is 4.90 Å². The average molecular weight is 225 g/mol. The lowest BCUT2D eigenvalue weighted by molar-refractivity contribution is -0.143. The maximum Gasteiger partial charge on any atom is 0.235 e. The number of carbonyl (C=O) groups excluding carboxylic acids is 2. The Morgan fingerprint density at radius 3 is 1.75 bits per heavy atom. The maximum atomic E-state index is 12.1. The lowest BCUT2D eigenvalue weighted by Crippen LogP contribution is -2.35. The first kappa shape index (κ1) is 11.6. The fourth-order valence-corrected chi connectivity index (χ4v) is 2.96. The van der Waals surface area contributed by atoms with Crippen LogP contribution < -0.4 is 0 Å². The van der Waals surface area contributed by atoms with E-state index in [0.717, 1.165) is 12.8 Å². The molecule has 0 N–H and O–H groups in total. The second kappa shape index (κ2) is 4.17. The Morgan fingerprint density at radius 1 is 1.00 bits per heavy atom. The minimum absolute atomic E-state index is 0.0275. The van der Waals surface area contributed by atoms with Crippen molar-refractivity contribution in [3.63, 3.8) is 0 Å². The summed E-state index contributed by atoms with van der Waals surface area (Å²) in [7, 11) is 0. The van der Waals surface area contributed by atoms with E-state index in [4.69, 9.17) is 4.74 Å². The number of carbonyl (C=O) groups is 2. The van der Waals surface area contributed by atoms with Gasteiger partial charge in [0.05, 0.1) is 24.0 Å². The SMILES string of the molecule is CC[C@@H]1O[C@H](CC)[C@@H]2C(=O)N(CC)C(=O)[C@@H]21. The van der Waals surface area contributed by atoms with Crippen LogP contribution in [0.5, 0.6) is 0 Å². The summed E-state index contributed by atoms with van der Waals surface area (Å²) in [4.78, 5) is 25.6. The van der Waals surface area contributed by atoms with Gasteiger partial charge in [0.15, 0.2) is 0 Å². The normalized spacial score (nSPS) is 38.3. The highest BCUT2D eigenvalue weighted by Gasteiger charge is 2.58. The average Bonchev–Trinajstić information content (AvgIpc) is 2.77. The third-order valence-electron chi connectivity index (χ3n) is 3.76. The zero-order valence-corrected chi connectivity index (χ0v) is 10.1. The molecule has 90 valence electrons. The van der Waals surface area contributed by atoms with Crippen LogP contribution in [0.4, 0.5) is 0 Å². The fourth-order valence-electron chi connectivity index (χ4n) is 2.96. The zero-order valence-electron chi connectivity index (χ0n) is 10.1. The molecule has 2 heterocycles. The first-order valence-corrected chi connectivity index (χ1v) is 6.16. The highest BCUT2D eigenvalue weighted by Crippen LogP contribution is 2.42. The molecule has 0 aliphatic carbocycles. The van der Waals surface area contributed by atoms with Crippen molar-refractivity contribution in [2.45, 2.75) is 45.8 Å². The Morgan fingerprint density at radius 2 is 1.44 bits per heavy atom. The van der Waals surface area contributed by atoms with Crippen molar-refractivity contribution in [2.24, 2.45) is 11.8 Å². The van der Waals surface area contributed by atoms with Gasteiger partial charge in [-0.15, -0.1) is 0 Å². The molecule has 2 fully saturated rings. The summed E-state index contributed by atoms with van der Waals surface area (Å²) >= 11 is 0. The van der Waals surface area contributed by atoms with Gasteiger partial charge >= 0.3 is 0 Å². The van der Waals surface area contributed by atoms with Crippen molar-refractivity contribution < 1.29 is 14.3 Å². The predicted octanol–water partition coefficient (Wildman–Crippen LogP) is 1.19. The quantitative estimate of drug-likeness (QED) is 0.678. The van der Waals surface area contributed by atoms with E-state index in [1.54, 1.807) is 0 Å². The molecule has 0 aromatic rings. The molecule has 0 radical (unpaired) electrons. The lowest BCUT2D eigenvalue weighted by Gasteiger charge is -2.19. The minimum atomic E-state index is -0.220. The summed E-state index contributed by atoms with van der Waals surface area (Å²) in [6.07, 6.45) is 1.47. The molecule has 4 atom stereocenters. The van der Waals surface area contributed by atoms with Gasteiger partial charge in [0.1, 0.15) is 0 Å². The summed E-state index contributed by atoms with van der Waals surface area (Å²) in [6.45, 7) is 6.34. The third kappa shape index (κ3) is 1.39. The molecule has 0 bridgehead atoms. The summed E-state index contributed by atoms with van der Waals surface area (Å²) in [5.41, 5.74) is 0. The van der Waals surface area contributed by atoms with Crippen molar-refractivity contribution in [3.8, 4) is 0 Å². The van der Waals surface area contributed by atoms with Crippen molar-refractivity contribution in [2.75, 3.05) is 6.54 Å². The zero-order chi connectivity index (χ0) is 11.9. The molecule has 16 heavy (non-hydrogen) atoms. The van der Waals surface area contributed by atoms with E-state index < -0.39 is 0 Å². The second-order valence-electron chi connectivity index (χ2n) is 4.50. The maximum absolute atomic E-state index is 12.1. The molecule has 0 saturated carbocycles. The van der Waals surface area contributed by atoms with Gasteiger partial charge in [-0.05, 0) is 19.8 Å². The number of fused-ring (bicyclic) bond motifs is 1. The summed E-state index contributed by atoms with van der Waals surface area (Å²) < 4.78 is 5.79. The van der Waals surface area contributed by atoms with E-state index in [-0.39, 0.29) is 35.9 Å². The molecule has 0 spiro atoms. The van der Waals surface area contributed by atoms with Crippen LogP contribution in [0.3, 0.4) is 0 Å².